The van der Waals surface area contributed by atoms with E-state index in [0.29, 0.717) is 24.2 Å². The first-order valence-electron chi connectivity index (χ1n) is 6.06. The maximum absolute atomic E-state index is 11.9. The van der Waals surface area contributed by atoms with Crippen molar-refractivity contribution in [3.63, 3.8) is 0 Å². The summed E-state index contributed by atoms with van der Waals surface area (Å²) < 4.78 is 5.33. The first kappa shape index (κ1) is 11.6. The molecule has 1 aromatic carbocycles. The second-order valence-corrected chi connectivity index (χ2v) is 4.41. The van der Waals surface area contributed by atoms with Crippen molar-refractivity contribution >= 4 is 22.8 Å². The molecule has 5 nitrogen and oxygen atoms in total. The topological polar surface area (TPSA) is 59.5 Å². The molecule has 0 saturated carbocycles. The molecule has 1 amide bonds. The number of rotatable bonds is 1. The summed E-state index contributed by atoms with van der Waals surface area (Å²) in [6.45, 7) is 0.562. The molecule has 0 spiro atoms. The maximum atomic E-state index is 11.9. The van der Waals surface area contributed by atoms with Crippen LogP contribution in [0, 0.1) is 0 Å². The Bertz CT molecular complexity index is 649. The van der Waals surface area contributed by atoms with Crippen molar-refractivity contribution < 1.29 is 14.3 Å². The van der Waals surface area contributed by atoms with Gasteiger partial charge in [0.25, 0.3) is 0 Å². The van der Waals surface area contributed by atoms with Crippen LogP contribution in [0.15, 0.2) is 36.5 Å². The Morgan fingerprint density at radius 3 is 2.89 bits per heavy atom. The highest BCUT2D eigenvalue weighted by Crippen LogP contribution is 2.23. The number of ether oxygens (including phenoxy) is 1. The minimum Gasteiger partial charge on any atom is -0.408 e. The molecule has 3 rings (SSSR count). The van der Waals surface area contributed by atoms with Crippen LogP contribution in [0.2, 0.25) is 0 Å². The molecule has 2 aromatic rings. The van der Waals surface area contributed by atoms with Gasteiger partial charge in [-0.05, 0) is 12.1 Å². The zero-order chi connectivity index (χ0) is 13.2. The van der Waals surface area contributed by atoms with Gasteiger partial charge >= 0.3 is 6.09 Å². The van der Waals surface area contributed by atoms with Gasteiger partial charge in [0, 0.05) is 24.5 Å². The first-order chi connectivity index (χ1) is 9.24. The number of carbonyl (C=O) groups is 2. The maximum Gasteiger partial charge on any atom is 0.415 e. The molecule has 1 saturated heterocycles. The van der Waals surface area contributed by atoms with E-state index in [9.17, 15) is 9.59 Å². The van der Waals surface area contributed by atoms with Crippen LogP contribution < -0.4 is 4.74 Å². The number of hydrogen-bond acceptors (Lipinski definition) is 4. The highest BCUT2D eigenvalue weighted by Gasteiger charge is 2.25. The van der Waals surface area contributed by atoms with Crippen LogP contribution in [0.1, 0.15) is 6.42 Å². The van der Waals surface area contributed by atoms with Gasteiger partial charge in [0.2, 0.25) is 0 Å². The number of aromatic nitrogens is 1. The minimum atomic E-state index is -0.496. The van der Waals surface area contributed by atoms with E-state index in [4.69, 9.17) is 4.74 Å². The van der Waals surface area contributed by atoms with Crippen LogP contribution in [-0.4, -0.2) is 34.8 Å². The number of pyridine rings is 1. The van der Waals surface area contributed by atoms with Gasteiger partial charge in [0.15, 0.2) is 11.5 Å². The number of likely N-dealkylation sites (tertiary alicyclic amines) is 1. The Hall–Kier alpha value is -2.43. The van der Waals surface area contributed by atoms with Crippen LogP contribution in [-0.2, 0) is 4.79 Å². The fraction of sp³-hybridized carbons (Fsp3) is 0.214. The molecule has 19 heavy (non-hydrogen) atoms. The number of amides is 1. The van der Waals surface area contributed by atoms with E-state index in [2.05, 4.69) is 4.98 Å². The summed E-state index contributed by atoms with van der Waals surface area (Å²) in [7, 11) is 0. The van der Waals surface area contributed by atoms with Crippen molar-refractivity contribution in [1.29, 1.82) is 0 Å². The SMILES string of the molecule is O=C1CCN(C(=O)Oc2cccc3cccnc23)C1. The predicted molar refractivity (Wildman–Crippen MR) is 69.0 cm³/mol. The van der Waals surface area contributed by atoms with Gasteiger partial charge in [-0.1, -0.05) is 18.2 Å². The molecule has 1 aliphatic rings. The van der Waals surface area contributed by atoms with Crippen molar-refractivity contribution in [2.24, 2.45) is 0 Å². The van der Waals surface area contributed by atoms with E-state index >= 15 is 0 Å². The van der Waals surface area contributed by atoms with E-state index in [1.165, 1.54) is 4.90 Å². The lowest BCUT2D eigenvalue weighted by atomic mass is 10.2. The molecule has 96 valence electrons. The molecule has 2 heterocycles. The molecule has 0 bridgehead atoms. The summed E-state index contributed by atoms with van der Waals surface area (Å²) >= 11 is 0. The number of para-hydroxylation sites is 1. The van der Waals surface area contributed by atoms with Crippen LogP contribution in [0.25, 0.3) is 10.9 Å². The van der Waals surface area contributed by atoms with Gasteiger partial charge in [-0.3, -0.25) is 9.78 Å². The summed E-state index contributed by atoms with van der Waals surface area (Å²) in [6, 6.07) is 9.14. The van der Waals surface area contributed by atoms with Crippen molar-refractivity contribution in [2.75, 3.05) is 13.1 Å². The number of hydrogen-bond donors (Lipinski definition) is 0. The average molecular weight is 256 g/mol. The smallest absolute Gasteiger partial charge is 0.408 e. The fourth-order valence-electron chi connectivity index (χ4n) is 2.10. The highest BCUT2D eigenvalue weighted by atomic mass is 16.6. The third-order valence-corrected chi connectivity index (χ3v) is 3.08. The molecule has 0 radical (unpaired) electrons. The van der Waals surface area contributed by atoms with Gasteiger partial charge in [0.1, 0.15) is 5.52 Å². The summed E-state index contributed by atoms with van der Waals surface area (Å²) in [4.78, 5) is 28.7. The summed E-state index contributed by atoms with van der Waals surface area (Å²) in [5.74, 6) is 0.482. The Balaban J connectivity index is 1.85. The fourth-order valence-corrected chi connectivity index (χ4v) is 2.10. The first-order valence-corrected chi connectivity index (χ1v) is 6.06. The van der Waals surface area contributed by atoms with Crippen LogP contribution in [0.4, 0.5) is 4.79 Å². The second-order valence-electron chi connectivity index (χ2n) is 4.41. The molecule has 0 N–H and O–H groups in total. The number of nitrogens with zero attached hydrogens (tertiary/aromatic N) is 2. The van der Waals surface area contributed by atoms with Crippen molar-refractivity contribution in [3.05, 3.63) is 36.5 Å². The van der Waals surface area contributed by atoms with Gasteiger partial charge in [-0.2, -0.15) is 0 Å². The number of benzene rings is 1. The number of fused-ring (bicyclic) bond motifs is 1. The van der Waals surface area contributed by atoms with Gasteiger partial charge in [-0.15, -0.1) is 0 Å². The van der Waals surface area contributed by atoms with Gasteiger partial charge < -0.3 is 9.64 Å². The predicted octanol–water partition coefficient (Wildman–Crippen LogP) is 2.01. The number of carbonyl (C=O) groups excluding carboxylic acids is 2. The lowest BCUT2D eigenvalue weighted by molar-refractivity contribution is -0.116. The van der Waals surface area contributed by atoms with E-state index in [-0.39, 0.29) is 12.3 Å². The van der Waals surface area contributed by atoms with Crippen molar-refractivity contribution in [1.82, 2.24) is 9.88 Å². The Morgan fingerprint density at radius 2 is 2.11 bits per heavy atom. The Morgan fingerprint density at radius 1 is 1.26 bits per heavy atom. The number of Topliss-reactive ketones (excluding diaryl/α,β-unsaturated/α-hetero) is 1. The van der Waals surface area contributed by atoms with E-state index in [1.807, 2.05) is 24.3 Å². The number of ketones is 1. The Kier molecular flexibility index (Phi) is 2.87. The molecular weight excluding hydrogens is 244 g/mol. The zero-order valence-electron chi connectivity index (χ0n) is 10.2. The molecule has 0 unspecified atom stereocenters. The quantitative estimate of drug-likeness (QED) is 0.783. The van der Waals surface area contributed by atoms with E-state index in [1.54, 1.807) is 12.3 Å². The average Bonchev–Trinajstić information content (AvgIpc) is 2.86. The second kappa shape index (κ2) is 4.68. The van der Waals surface area contributed by atoms with Crippen LogP contribution in [0.3, 0.4) is 0 Å². The molecule has 1 aliphatic heterocycles. The monoisotopic (exact) mass is 256 g/mol. The Labute approximate surface area is 109 Å². The van der Waals surface area contributed by atoms with E-state index < -0.39 is 6.09 Å². The largest absolute Gasteiger partial charge is 0.415 e. The third kappa shape index (κ3) is 2.27. The minimum absolute atomic E-state index is 0.0630. The lowest BCUT2D eigenvalue weighted by Gasteiger charge is -2.14. The normalized spacial score (nSPS) is 14.9. The van der Waals surface area contributed by atoms with Crippen molar-refractivity contribution in [3.8, 4) is 5.75 Å². The molecule has 0 aliphatic carbocycles. The summed E-state index contributed by atoms with van der Waals surface area (Å²) in [5.41, 5.74) is 0.642. The zero-order valence-corrected chi connectivity index (χ0v) is 10.2. The van der Waals surface area contributed by atoms with Crippen molar-refractivity contribution in [2.45, 2.75) is 6.42 Å². The van der Waals surface area contributed by atoms with Gasteiger partial charge in [-0.25, -0.2) is 4.79 Å². The standard InChI is InChI=1S/C14H12N2O3/c17-11-6-8-16(9-11)14(18)19-12-5-1-3-10-4-2-7-15-13(10)12/h1-5,7H,6,8-9H2. The highest BCUT2D eigenvalue weighted by molar-refractivity contribution is 5.90. The summed E-state index contributed by atoms with van der Waals surface area (Å²) in [6.07, 6.45) is 1.56. The summed E-state index contributed by atoms with van der Waals surface area (Å²) in [5, 5.41) is 0.908. The van der Waals surface area contributed by atoms with E-state index in [0.717, 1.165) is 5.39 Å². The van der Waals surface area contributed by atoms with Crippen LogP contribution in [0.5, 0.6) is 5.75 Å². The van der Waals surface area contributed by atoms with Crippen LogP contribution >= 0.6 is 0 Å². The molecule has 1 aromatic heterocycles. The molecular formula is C14H12N2O3. The van der Waals surface area contributed by atoms with Gasteiger partial charge in [0.05, 0.1) is 6.54 Å². The lowest BCUT2D eigenvalue weighted by Crippen LogP contribution is -2.31. The molecule has 0 atom stereocenters. The molecule has 1 fully saturated rings. The molecule has 5 heteroatoms. The third-order valence-electron chi connectivity index (χ3n) is 3.08.